The first-order chi connectivity index (χ1) is 13.9. The highest BCUT2D eigenvalue weighted by Crippen LogP contribution is 2.37. The molecule has 148 valence electrons. The first kappa shape index (κ1) is 19.9. The van der Waals surface area contributed by atoms with Crippen LogP contribution in [0.3, 0.4) is 0 Å². The van der Waals surface area contributed by atoms with E-state index in [9.17, 15) is 14.9 Å². The van der Waals surface area contributed by atoms with Crippen molar-refractivity contribution in [3.8, 4) is 0 Å². The summed E-state index contributed by atoms with van der Waals surface area (Å²) in [6.45, 7) is 0.437. The number of anilines is 2. The smallest absolute Gasteiger partial charge is 0.478 e. The zero-order valence-electron chi connectivity index (χ0n) is 14.9. The maximum Gasteiger partial charge on any atom is 0.636 e. The number of carbonyl (C=O) groups is 1. The molecular weight excluding hydrogens is 418 g/mol. The maximum atomic E-state index is 11.7. The number of carboxylic acids is 1. The second-order valence-electron chi connectivity index (χ2n) is 6.54. The lowest BCUT2D eigenvalue weighted by Crippen LogP contribution is -2.34. The Morgan fingerprint density at radius 1 is 1.14 bits per heavy atom. The van der Waals surface area contributed by atoms with Crippen LogP contribution in [0, 0.1) is 0 Å². The van der Waals surface area contributed by atoms with E-state index in [4.69, 9.17) is 32.5 Å². The molecule has 0 amide bonds. The van der Waals surface area contributed by atoms with Crippen molar-refractivity contribution in [2.24, 2.45) is 0 Å². The highest BCUT2D eigenvalue weighted by atomic mass is 35.5. The molecule has 0 radical (unpaired) electrons. The third kappa shape index (κ3) is 4.17. The molecule has 2 aromatic carbocycles. The number of rotatable bonds is 4. The minimum atomic E-state index is -1.26. The molecule has 0 unspecified atom stereocenters. The van der Waals surface area contributed by atoms with Gasteiger partial charge in [-0.2, -0.15) is 0 Å². The molecule has 4 rings (SSSR count). The second-order valence-corrected chi connectivity index (χ2v) is 7.41. The summed E-state index contributed by atoms with van der Waals surface area (Å²) in [4.78, 5) is 16.2. The Hall–Kier alpha value is -2.36. The van der Waals surface area contributed by atoms with Gasteiger partial charge in [-0.15, -0.1) is 0 Å². The fourth-order valence-corrected chi connectivity index (χ4v) is 3.58. The Balaban J connectivity index is 1.86. The van der Waals surface area contributed by atoms with Crippen molar-refractivity contribution in [2.75, 3.05) is 18.5 Å². The lowest BCUT2D eigenvalue weighted by molar-refractivity contribution is 0.0652. The summed E-state index contributed by atoms with van der Waals surface area (Å²) in [6.07, 6.45) is 1.68. The number of nitrogens with one attached hydrogen (secondary N) is 1. The highest BCUT2D eigenvalue weighted by molar-refractivity contribution is 6.34. The zero-order chi connectivity index (χ0) is 20.5. The fraction of sp³-hybridized carbons (Fsp3) is 0.158. The Labute approximate surface area is 176 Å². The van der Waals surface area contributed by atoms with Gasteiger partial charge in [-0.3, -0.25) is 4.98 Å². The van der Waals surface area contributed by atoms with Crippen molar-refractivity contribution >= 4 is 58.8 Å². The molecule has 0 atom stereocenters. The van der Waals surface area contributed by atoms with Gasteiger partial charge in [-0.1, -0.05) is 23.2 Å². The van der Waals surface area contributed by atoms with Gasteiger partial charge in [0, 0.05) is 46.3 Å². The summed E-state index contributed by atoms with van der Waals surface area (Å²) < 4.78 is 10.4. The van der Waals surface area contributed by atoms with Gasteiger partial charge >= 0.3 is 13.3 Å². The van der Waals surface area contributed by atoms with Crippen LogP contribution in [0.15, 0.2) is 42.6 Å². The van der Waals surface area contributed by atoms with Gasteiger partial charge < -0.3 is 24.8 Å². The number of nitrogens with zero attached hydrogens (tertiary/aromatic N) is 1. The standard InChI is InChI=1S/C19H15BCl2N2O5/c21-11-1-3-16-13(5-11)18(15(7-23-16)10-8-28-20(27)29-9-10)24-17-4-2-12(22)6-14(17)19(25)26/h1-7,10,27H,8-9H2,(H,23,24)(H,25,26). The average molecular weight is 433 g/mol. The van der Waals surface area contributed by atoms with Gasteiger partial charge in [-0.25, -0.2) is 4.79 Å². The molecular formula is C19H15BCl2N2O5. The molecule has 10 heteroatoms. The van der Waals surface area contributed by atoms with Crippen LogP contribution < -0.4 is 5.32 Å². The highest BCUT2D eigenvalue weighted by Gasteiger charge is 2.29. The molecule has 29 heavy (non-hydrogen) atoms. The zero-order valence-corrected chi connectivity index (χ0v) is 16.4. The van der Waals surface area contributed by atoms with Gasteiger partial charge in [0.1, 0.15) is 0 Å². The quantitative estimate of drug-likeness (QED) is 0.533. The Bertz CT molecular complexity index is 1090. The molecule has 1 aliphatic rings. The summed E-state index contributed by atoms with van der Waals surface area (Å²) in [5.41, 5.74) is 2.47. The number of aromatic carboxylic acids is 1. The number of pyridine rings is 1. The van der Waals surface area contributed by atoms with E-state index in [1.54, 1.807) is 36.5 Å². The van der Waals surface area contributed by atoms with E-state index < -0.39 is 13.3 Å². The molecule has 1 aromatic heterocycles. The molecule has 1 aliphatic heterocycles. The van der Waals surface area contributed by atoms with Crippen LogP contribution in [0.4, 0.5) is 11.4 Å². The predicted molar refractivity (Wildman–Crippen MR) is 111 cm³/mol. The number of halogens is 2. The van der Waals surface area contributed by atoms with E-state index in [1.165, 1.54) is 6.07 Å². The summed E-state index contributed by atoms with van der Waals surface area (Å²) >= 11 is 12.2. The molecule has 7 nitrogen and oxygen atoms in total. The SMILES string of the molecule is O=C(O)c1cc(Cl)ccc1Nc1c(C2COB(O)OC2)cnc2ccc(Cl)cc12. The van der Waals surface area contributed by atoms with E-state index in [0.29, 0.717) is 32.3 Å². The normalized spacial score (nSPS) is 14.9. The van der Waals surface area contributed by atoms with Crippen LogP contribution in [0.2, 0.25) is 10.0 Å². The topological polar surface area (TPSA) is 101 Å². The molecule has 0 bridgehead atoms. The number of benzene rings is 2. The van der Waals surface area contributed by atoms with Crippen molar-refractivity contribution in [1.29, 1.82) is 0 Å². The molecule has 0 aliphatic carbocycles. The summed E-state index contributed by atoms with van der Waals surface area (Å²) in [6, 6.07) is 9.86. The van der Waals surface area contributed by atoms with E-state index in [1.807, 2.05) is 0 Å². The van der Waals surface area contributed by atoms with Crippen LogP contribution in [0.5, 0.6) is 0 Å². The van der Waals surface area contributed by atoms with E-state index in [0.717, 1.165) is 5.56 Å². The summed E-state index contributed by atoms with van der Waals surface area (Å²) in [7, 11) is -1.26. The van der Waals surface area contributed by atoms with Crippen LogP contribution >= 0.6 is 23.2 Å². The van der Waals surface area contributed by atoms with Crippen LogP contribution in [-0.4, -0.2) is 41.6 Å². The van der Waals surface area contributed by atoms with Crippen molar-refractivity contribution in [3.63, 3.8) is 0 Å². The number of hydrogen-bond acceptors (Lipinski definition) is 6. The molecule has 1 saturated heterocycles. The average Bonchev–Trinajstić information content (AvgIpc) is 2.70. The van der Waals surface area contributed by atoms with Crippen molar-refractivity contribution in [1.82, 2.24) is 4.98 Å². The largest absolute Gasteiger partial charge is 0.636 e. The van der Waals surface area contributed by atoms with Crippen molar-refractivity contribution < 1.29 is 24.2 Å². The monoisotopic (exact) mass is 432 g/mol. The van der Waals surface area contributed by atoms with Gasteiger partial charge in [0.05, 0.1) is 22.5 Å². The third-order valence-corrected chi connectivity index (χ3v) is 5.12. The Morgan fingerprint density at radius 2 is 1.83 bits per heavy atom. The van der Waals surface area contributed by atoms with Gasteiger partial charge in [0.25, 0.3) is 0 Å². The Kier molecular flexibility index (Phi) is 5.62. The second kappa shape index (κ2) is 8.18. The summed E-state index contributed by atoms with van der Waals surface area (Å²) in [5, 5.41) is 23.8. The molecule has 1 fully saturated rings. The first-order valence-corrected chi connectivity index (χ1v) is 9.47. The number of fused-ring (bicyclic) bond motifs is 1. The van der Waals surface area contributed by atoms with E-state index in [-0.39, 0.29) is 24.7 Å². The van der Waals surface area contributed by atoms with E-state index in [2.05, 4.69) is 10.3 Å². The van der Waals surface area contributed by atoms with Gasteiger partial charge in [-0.05, 0) is 36.4 Å². The minimum Gasteiger partial charge on any atom is -0.478 e. The van der Waals surface area contributed by atoms with Crippen molar-refractivity contribution in [2.45, 2.75) is 5.92 Å². The summed E-state index contributed by atoms with van der Waals surface area (Å²) in [5.74, 6) is -1.34. The molecule has 3 N–H and O–H groups in total. The molecule has 0 spiro atoms. The van der Waals surface area contributed by atoms with Crippen LogP contribution in [-0.2, 0) is 9.31 Å². The third-order valence-electron chi connectivity index (χ3n) is 4.65. The molecule has 0 saturated carbocycles. The number of carboxylic acid groups (broad SMARTS) is 1. The van der Waals surface area contributed by atoms with Crippen LogP contribution in [0.25, 0.3) is 10.9 Å². The fourth-order valence-electron chi connectivity index (χ4n) is 3.24. The predicted octanol–water partition coefficient (Wildman–Crippen LogP) is 4.09. The Morgan fingerprint density at radius 3 is 2.55 bits per heavy atom. The maximum absolute atomic E-state index is 11.7. The van der Waals surface area contributed by atoms with E-state index >= 15 is 0 Å². The first-order valence-electron chi connectivity index (χ1n) is 8.71. The van der Waals surface area contributed by atoms with Gasteiger partial charge in [0.2, 0.25) is 0 Å². The number of aromatic nitrogens is 1. The lowest BCUT2D eigenvalue weighted by Gasteiger charge is -2.27. The van der Waals surface area contributed by atoms with Crippen molar-refractivity contribution in [3.05, 3.63) is 63.8 Å². The molecule has 3 aromatic rings. The van der Waals surface area contributed by atoms with Crippen LogP contribution in [0.1, 0.15) is 21.8 Å². The number of hydrogen-bond donors (Lipinski definition) is 3. The molecule has 2 heterocycles. The van der Waals surface area contributed by atoms with Gasteiger partial charge in [0.15, 0.2) is 0 Å². The minimum absolute atomic E-state index is 0.0296. The lowest BCUT2D eigenvalue weighted by atomic mass is 9.95.